The van der Waals surface area contributed by atoms with Crippen LogP contribution in [0.1, 0.15) is 17.0 Å². The number of thiophene rings is 1. The zero-order chi connectivity index (χ0) is 17.5. The lowest BCUT2D eigenvalue weighted by atomic mass is 10.3. The van der Waals surface area contributed by atoms with Crippen molar-refractivity contribution < 1.29 is 13.2 Å². The van der Waals surface area contributed by atoms with E-state index in [4.69, 9.17) is 4.74 Å². The van der Waals surface area contributed by atoms with Crippen LogP contribution in [0.5, 0.6) is 5.75 Å². The Morgan fingerprint density at radius 2 is 2.00 bits per heavy atom. The van der Waals surface area contributed by atoms with Gasteiger partial charge in [-0.25, -0.2) is 8.42 Å². The summed E-state index contributed by atoms with van der Waals surface area (Å²) in [6, 6.07) is 6.69. The number of rotatable bonds is 4. The number of sulfonamides is 1. The summed E-state index contributed by atoms with van der Waals surface area (Å²) < 4.78 is 34.5. The molecule has 1 aliphatic heterocycles. The van der Waals surface area contributed by atoms with E-state index in [1.807, 2.05) is 19.9 Å². The third-order valence-corrected chi connectivity index (χ3v) is 7.53. The Morgan fingerprint density at radius 1 is 1.25 bits per heavy atom. The maximum atomic E-state index is 12.6. The molecule has 1 atom stereocenters. The molecule has 0 saturated carbocycles. The summed E-state index contributed by atoms with van der Waals surface area (Å²) in [7, 11) is -1.76. The number of aryl methyl sites for hydroxylation is 2. The topological polar surface area (TPSA) is 68.6 Å². The lowest BCUT2D eigenvalue weighted by Gasteiger charge is -2.17. The van der Waals surface area contributed by atoms with Crippen molar-refractivity contribution in [3.8, 4) is 5.75 Å². The average molecular weight is 368 g/mol. The van der Waals surface area contributed by atoms with E-state index in [-0.39, 0.29) is 11.7 Å². The van der Waals surface area contributed by atoms with Crippen molar-refractivity contribution in [1.29, 1.82) is 0 Å². The first-order valence-corrected chi connectivity index (χ1v) is 9.94. The van der Waals surface area contributed by atoms with Gasteiger partial charge in [0.2, 0.25) is 0 Å². The van der Waals surface area contributed by atoms with E-state index in [2.05, 4.69) is 0 Å². The molecule has 0 N–H and O–H groups in total. The van der Waals surface area contributed by atoms with Crippen LogP contribution in [0.4, 0.5) is 0 Å². The van der Waals surface area contributed by atoms with E-state index in [9.17, 15) is 13.2 Å². The largest absolute Gasteiger partial charge is 0.489 e. The van der Waals surface area contributed by atoms with Crippen LogP contribution in [-0.4, -0.2) is 36.5 Å². The van der Waals surface area contributed by atoms with Crippen LogP contribution >= 0.6 is 11.3 Å². The highest BCUT2D eigenvalue weighted by molar-refractivity contribution is 7.91. The van der Waals surface area contributed by atoms with Gasteiger partial charge < -0.3 is 9.30 Å². The highest BCUT2D eigenvalue weighted by Gasteiger charge is 2.34. The molecular weight excluding hydrogens is 348 g/mol. The number of hydrogen-bond donors (Lipinski definition) is 0. The predicted molar refractivity (Wildman–Crippen MR) is 93.3 cm³/mol. The second-order valence-electron chi connectivity index (χ2n) is 5.99. The van der Waals surface area contributed by atoms with Crippen molar-refractivity contribution in [2.75, 3.05) is 13.1 Å². The molecule has 2 aromatic heterocycles. The molecular formula is C16H20N2O4S2. The normalized spacial score (nSPS) is 18.9. The van der Waals surface area contributed by atoms with Gasteiger partial charge in [-0.3, -0.25) is 4.79 Å². The van der Waals surface area contributed by atoms with Crippen molar-refractivity contribution in [3.05, 3.63) is 45.2 Å². The molecule has 2 aromatic rings. The first-order valence-electron chi connectivity index (χ1n) is 7.68. The third-order valence-electron chi connectivity index (χ3n) is 4.20. The van der Waals surface area contributed by atoms with Gasteiger partial charge in [-0.1, -0.05) is 0 Å². The minimum Gasteiger partial charge on any atom is -0.489 e. The number of pyridine rings is 1. The minimum absolute atomic E-state index is 0.137. The molecule has 24 heavy (non-hydrogen) atoms. The Labute approximate surface area is 145 Å². The molecule has 1 fully saturated rings. The quantitative estimate of drug-likeness (QED) is 0.827. The number of hydrogen-bond acceptors (Lipinski definition) is 5. The van der Waals surface area contributed by atoms with Crippen molar-refractivity contribution in [2.45, 2.75) is 30.6 Å². The van der Waals surface area contributed by atoms with Gasteiger partial charge in [0.05, 0.1) is 6.54 Å². The Balaban J connectivity index is 1.73. The van der Waals surface area contributed by atoms with Crippen molar-refractivity contribution in [1.82, 2.24) is 8.87 Å². The summed E-state index contributed by atoms with van der Waals surface area (Å²) in [4.78, 5) is 12.8. The van der Waals surface area contributed by atoms with Crippen LogP contribution in [0.3, 0.4) is 0 Å². The van der Waals surface area contributed by atoms with Gasteiger partial charge in [0.1, 0.15) is 16.1 Å². The van der Waals surface area contributed by atoms with E-state index in [0.29, 0.717) is 29.5 Å². The maximum Gasteiger partial charge on any atom is 0.254 e. The molecule has 0 amide bonds. The average Bonchev–Trinajstić information content (AvgIpc) is 3.14. The minimum atomic E-state index is -3.46. The standard InChI is InChI=1S/C16H20N2O4S2/c1-11-8-14(9-15(19)17(11)3)22-13-6-7-18(10-13)24(20,21)16-5-4-12(2)23-16/h4-5,8-9,13H,6-7,10H2,1-3H3. The van der Waals surface area contributed by atoms with Gasteiger partial charge in [-0.2, -0.15) is 4.31 Å². The molecule has 6 nitrogen and oxygen atoms in total. The van der Waals surface area contributed by atoms with Crippen LogP contribution in [0.25, 0.3) is 0 Å². The molecule has 0 spiro atoms. The van der Waals surface area contributed by atoms with Crippen molar-refractivity contribution in [2.24, 2.45) is 7.05 Å². The van der Waals surface area contributed by atoms with E-state index in [1.165, 1.54) is 26.3 Å². The van der Waals surface area contributed by atoms with Crippen molar-refractivity contribution >= 4 is 21.4 Å². The molecule has 0 bridgehead atoms. The molecule has 8 heteroatoms. The first kappa shape index (κ1) is 17.2. The van der Waals surface area contributed by atoms with Crippen molar-refractivity contribution in [3.63, 3.8) is 0 Å². The Bertz CT molecular complexity index is 914. The molecule has 3 rings (SSSR count). The monoisotopic (exact) mass is 368 g/mol. The summed E-state index contributed by atoms with van der Waals surface area (Å²) in [5.41, 5.74) is 0.663. The Morgan fingerprint density at radius 3 is 2.62 bits per heavy atom. The predicted octanol–water partition coefficient (Wildman–Crippen LogP) is 1.91. The molecule has 0 aliphatic carbocycles. The van der Waals surface area contributed by atoms with Gasteiger partial charge in [-0.15, -0.1) is 11.3 Å². The lowest BCUT2D eigenvalue weighted by Crippen LogP contribution is -2.30. The van der Waals surface area contributed by atoms with Crippen LogP contribution < -0.4 is 10.3 Å². The lowest BCUT2D eigenvalue weighted by molar-refractivity contribution is 0.214. The van der Waals surface area contributed by atoms with E-state index < -0.39 is 10.0 Å². The highest BCUT2D eigenvalue weighted by atomic mass is 32.2. The van der Waals surface area contributed by atoms with Crippen LogP contribution in [0.15, 0.2) is 33.3 Å². The van der Waals surface area contributed by atoms with Gasteiger partial charge in [-0.05, 0) is 38.5 Å². The number of aromatic nitrogens is 1. The zero-order valence-corrected chi connectivity index (χ0v) is 15.5. The van der Waals surface area contributed by atoms with Gasteiger partial charge in [0.15, 0.2) is 0 Å². The fourth-order valence-electron chi connectivity index (χ4n) is 2.69. The maximum absolute atomic E-state index is 12.6. The number of nitrogens with zero attached hydrogens (tertiary/aromatic N) is 2. The van der Waals surface area contributed by atoms with Crippen LogP contribution in [-0.2, 0) is 17.1 Å². The molecule has 0 aromatic carbocycles. The smallest absolute Gasteiger partial charge is 0.254 e. The molecule has 1 aliphatic rings. The van der Waals surface area contributed by atoms with Gasteiger partial charge in [0.25, 0.3) is 15.6 Å². The van der Waals surface area contributed by atoms with Crippen LogP contribution in [0.2, 0.25) is 0 Å². The first-order chi connectivity index (χ1) is 11.3. The molecule has 3 heterocycles. The second kappa shape index (κ2) is 6.34. The van der Waals surface area contributed by atoms with E-state index >= 15 is 0 Å². The zero-order valence-electron chi connectivity index (χ0n) is 13.9. The van der Waals surface area contributed by atoms with E-state index in [0.717, 1.165) is 10.6 Å². The van der Waals surface area contributed by atoms with Gasteiger partial charge in [0, 0.05) is 30.2 Å². The number of ether oxygens (including phenoxy) is 1. The molecule has 0 radical (unpaired) electrons. The summed E-state index contributed by atoms with van der Waals surface area (Å²) in [5, 5.41) is 0. The fraction of sp³-hybridized carbons (Fsp3) is 0.438. The molecule has 130 valence electrons. The van der Waals surface area contributed by atoms with Crippen LogP contribution in [0, 0.1) is 13.8 Å². The summed E-state index contributed by atoms with van der Waals surface area (Å²) in [6.45, 7) is 4.44. The SMILES string of the molecule is Cc1ccc(S(=O)(=O)N2CCC(Oc3cc(C)n(C)c(=O)c3)C2)s1. The third kappa shape index (κ3) is 3.26. The second-order valence-corrected chi connectivity index (χ2v) is 9.44. The Kier molecular flexibility index (Phi) is 4.54. The summed E-state index contributed by atoms with van der Waals surface area (Å²) in [6.07, 6.45) is 0.366. The van der Waals surface area contributed by atoms with E-state index in [1.54, 1.807) is 19.2 Å². The molecule has 1 saturated heterocycles. The Hall–Kier alpha value is -1.64. The van der Waals surface area contributed by atoms with Gasteiger partial charge >= 0.3 is 0 Å². The molecule has 1 unspecified atom stereocenters. The highest BCUT2D eigenvalue weighted by Crippen LogP contribution is 2.28. The summed E-state index contributed by atoms with van der Waals surface area (Å²) in [5.74, 6) is 0.492. The fourth-order valence-corrected chi connectivity index (χ4v) is 5.61. The summed E-state index contributed by atoms with van der Waals surface area (Å²) >= 11 is 1.28.